The smallest absolute Gasteiger partial charge is 0.453 e. The largest absolute Gasteiger partial charge is 0.483 e. The summed E-state index contributed by atoms with van der Waals surface area (Å²) in [6, 6.07) is 3.67. The Kier molecular flexibility index (Phi) is 4.35. The van der Waals surface area contributed by atoms with Gasteiger partial charge in [0.1, 0.15) is 13.2 Å². The molecule has 4 nitrogen and oxygen atoms in total. The summed E-state index contributed by atoms with van der Waals surface area (Å²) in [5.41, 5.74) is 2.99. The number of halogens is 3. The molecule has 1 aromatic carbocycles. The maximum absolute atomic E-state index is 12.9. The van der Waals surface area contributed by atoms with Crippen LogP contribution in [0.3, 0.4) is 0 Å². The minimum Gasteiger partial charge on any atom is -0.483 e. The lowest BCUT2D eigenvalue weighted by molar-refractivity contribution is -0.151. The number of anilines is 1. The molecule has 0 radical (unpaired) electrons. The van der Waals surface area contributed by atoms with E-state index in [2.05, 4.69) is 10.1 Å². The number of carbonyl (C=O) groups is 1. The topological polar surface area (TPSA) is 47.6 Å². The van der Waals surface area contributed by atoms with E-state index in [1.807, 2.05) is 19.1 Å². The first-order valence-corrected chi connectivity index (χ1v) is 6.66. The Balaban J connectivity index is 2.34. The second kappa shape index (κ2) is 5.90. The predicted octanol–water partition coefficient (Wildman–Crippen LogP) is 3.37. The van der Waals surface area contributed by atoms with Crippen molar-refractivity contribution in [3.05, 3.63) is 40.3 Å². The molecule has 1 amide bonds. The van der Waals surface area contributed by atoms with Crippen molar-refractivity contribution < 1.29 is 27.4 Å². The van der Waals surface area contributed by atoms with E-state index >= 15 is 0 Å². The van der Waals surface area contributed by atoms with Crippen LogP contribution in [0.2, 0.25) is 0 Å². The maximum atomic E-state index is 12.9. The molecule has 2 rings (SSSR count). The van der Waals surface area contributed by atoms with Crippen LogP contribution in [0.5, 0.6) is 0 Å². The van der Waals surface area contributed by atoms with E-state index in [1.165, 1.54) is 0 Å². The zero-order valence-electron chi connectivity index (χ0n) is 12.4. The van der Waals surface area contributed by atoms with Crippen LogP contribution in [0, 0.1) is 20.8 Å². The van der Waals surface area contributed by atoms with Crippen LogP contribution in [-0.4, -0.2) is 25.3 Å². The summed E-state index contributed by atoms with van der Waals surface area (Å²) in [5.74, 6) is -3.20. The normalized spacial score (nSPS) is 15.2. The molecule has 1 aromatic rings. The molecule has 1 aliphatic heterocycles. The number of aryl methyl sites for hydroxylation is 3. The summed E-state index contributed by atoms with van der Waals surface area (Å²) in [6.45, 7) is 5.09. The minimum absolute atomic E-state index is 0.103. The molecule has 0 unspecified atom stereocenters. The molecule has 0 fully saturated rings. The Morgan fingerprint density at radius 2 is 1.64 bits per heavy atom. The summed E-state index contributed by atoms with van der Waals surface area (Å²) < 4.78 is 48.0. The maximum Gasteiger partial charge on any atom is 0.453 e. The Labute approximate surface area is 125 Å². The van der Waals surface area contributed by atoms with Crippen LogP contribution >= 0.6 is 0 Å². The highest BCUT2D eigenvalue weighted by Gasteiger charge is 2.43. The lowest BCUT2D eigenvalue weighted by atomic mass is 10.1. The first-order chi connectivity index (χ1) is 10.2. The van der Waals surface area contributed by atoms with Gasteiger partial charge in [0, 0.05) is 5.69 Å². The molecule has 1 aliphatic rings. The van der Waals surface area contributed by atoms with Crippen LogP contribution in [0.1, 0.15) is 16.7 Å². The molecule has 0 bridgehead atoms. The fourth-order valence-electron chi connectivity index (χ4n) is 2.35. The van der Waals surface area contributed by atoms with Crippen LogP contribution in [0.15, 0.2) is 23.7 Å². The quantitative estimate of drug-likeness (QED) is 0.910. The van der Waals surface area contributed by atoms with E-state index in [4.69, 9.17) is 4.74 Å². The predicted molar refractivity (Wildman–Crippen MR) is 74.3 cm³/mol. The summed E-state index contributed by atoms with van der Waals surface area (Å²) in [6.07, 6.45) is -4.77. The Morgan fingerprint density at radius 1 is 1.09 bits per heavy atom. The van der Waals surface area contributed by atoms with Crippen LogP contribution < -0.4 is 5.32 Å². The first-order valence-electron chi connectivity index (χ1n) is 6.66. The highest BCUT2D eigenvalue weighted by molar-refractivity contribution is 6.03. The molecule has 7 heteroatoms. The van der Waals surface area contributed by atoms with Gasteiger partial charge in [-0.1, -0.05) is 17.7 Å². The standard InChI is InChI=1S/C15H16F3NO3/c1-8-6-9(2)11(10(3)7-8)19-14(20)12-13(15(16,17)18)22-5-4-21-12/h6-7H,4-5H2,1-3H3,(H,19,20). The van der Waals surface area contributed by atoms with Gasteiger partial charge >= 0.3 is 6.18 Å². The van der Waals surface area contributed by atoms with Gasteiger partial charge < -0.3 is 14.8 Å². The third-order valence-electron chi connectivity index (χ3n) is 3.16. The van der Waals surface area contributed by atoms with Gasteiger partial charge in [0.05, 0.1) is 0 Å². The fourth-order valence-corrected chi connectivity index (χ4v) is 2.35. The third kappa shape index (κ3) is 3.35. The number of alkyl halides is 3. The van der Waals surface area contributed by atoms with Gasteiger partial charge in [-0.15, -0.1) is 0 Å². The summed E-state index contributed by atoms with van der Waals surface area (Å²) in [7, 11) is 0. The molecule has 0 aliphatic carbocycles. The summed E-state index contributed by atoms with van der Waals surface area (Å²) in [4.78, 5) is 12.1. The molecule has 0 atom stereocenters. The number of nitrogens with one attached hydrogen (secondary N) is 1. The van der Waals surface area contributed by atoms with Crippen molar-refractivity contribution in [3.63, 3.8) is 0 Å². The van der Waals surface area contributed by atoms with Crippen molar-refractivity contribution in [3.8, 4) is 0 Å². The van der Waals surface area contributed by atoms with E-state index in [1.54, 1.807) is 13.8 Å². The third-order valence-corrected chi connectivity index (χ3v) is 3.16. The average Bonchev–Trinajstić information content (AvgIpc) is 2.41. The second-order valence-corrected chi connectivity index (χ2v) is 5.08. The van der Waals surface area contributed by atoms with Crippen LogP contribution in [-0.2, 0) is 14.3 Å². The number of amides is 1. The summed E-state index contributed by atoms with van der Waals surface area (Å²) >= 11 is 0. The fraction of sp³-hybridized carbons (Fsp3) is 0.400. The van der Waals surface area contributed by atoms with E-state index in [0.29, 0.717) is 5.69 Å². The molecule has 0 spiro atoms. The number of rotatable bonds is 2. The average molecular weight is 315 g/mol. The highest BCUT2D eigenvalue weighted by atomic mass is 19.4. The Morgan fingerprint density at radius 3 is 2.18 bits per heavy atom. The van der Waals surface area contributed by atoms with Crippen molar-refractivity contribution >= 4 is 11.6 Å². The number of hydrogen-bond donors (Lipinski definition) is 1. The van der Waals surface area contributed by atoms with Crippen molar-refractivity contribution in [2.24, 2.45) is 0 Å². The van der Waals surface area contributed by atoms with Gasteiger partial charge in [-0.2, -0.15) is 13.2 Å². The van der Waals surface area contributed by atoms with Crippen molar-refractivity contribution in [2.75, 3.05) is 18.5 Å². The summed E-state index contributed by atoms with van der Waals surface area (Å²) in [5, 5.41) is 2.48. The number of benzene rings is 1. The zero-order chi connectivity index (χ0) is 16.5. The number of carbonyl (C=O) groups excluding carboxylic acids is 1. The molecule has 0 saturated heterocycles. The van der Waals surface area contributed by atoms with Crippen molar-refractivity contribution in [2.45, 2.75) is 26.9 Å². The van der Waals surface area contributed by atoms with Crippen LogP contribution in [0.25, 0.3) is 0 Å². The van der Waals surface area contributed by atoms with Gasteiger partial charge in [-0.05, 0) is 31.9 Å². The Hall–Kier alpha value is -2.18. The second-order valence-electron chi connectivity index (χ2n) is 5.08. The monoisotopic (exact) mass is 315 g/mol. The van der Waals surface area contributed by atoms with Gasteiger partial charge in [0.15, 0.2) is 0 Å². The van der Waals surface area contributed by atoms with Crippen molar-refractivity contribution in [1.82, 2.24) is 0 Å². The van der Waals surface area contributed by atoms with Gasteiger partial charge in [-0.3, -0.25) is 4.79 Å². The number of allylic oxidation sites excluding steroid dienone is 1. The molecule has 22 heavy (non-hydrogen) atoms. The van der Waals surface area contributed by atoms with E-state index in [9.17, 15) is 18.0 Å². The van der Waals surface area contributed by atoms with Crippen LogP contribution in [0.4, 0.5) is 18.9 Å². The highest BCUT2D eigenvalue weighted by Crippen LogP contribution is 2.32. The number of ether oxygens (including phenoxy) is 2. The lowest BCUT2D eigenvalue weighted by Crippen LogP contribution is -2.30. The Bertz CT molecular complexity index is 612. The molecule has 1 heterocycles. The zero-order valence-corrected chi connectivity index (χ0v) is 12.4. The number of hydrogen-bond acceptors (Lipinski definition) is 3. The van der Waals surface area contributed by atoms with Gasteiger partial charge in [0.25, 0.3) is 5.91 Å². The van der Waals surface area contributed by atoms with E-state index < -0.39 is 23.6 Å². The molecule has 0 saturated carbocycles. The lowest BCUT2D eigenvalue weighted by Gasteiger charge is -2.23. The molecular weight excluding hydrogens is 299 g/mol. The van der Waals surface area contributed by atoms with Gasteiger partial charge in [0.2, 0.25) is 11.5 Å². The van der Waals surface area contributed by atoms with Gasteiger partial charge in [-0.25, -0.2) is 0 Å². The minimum atomic E-state index is -4.77. The molecular formula is C15H16F3NO3. The molecule has 0 aromatic heterocycles. The SMILES string of the molecule is Cc1cc(C)c(NC(=O)C2=C(C(F)(F)F)OCCO2)c(C)c1. The van der Waals surface area contributed by atoms with E-state index in [-0.39, 0.29) is 13.2 Å². The van der Waals surface area contributed by atoms with E-state index in [0.717, 1.165) is 16.7 Å². The molecule has 120 valence electrons. The molecule has 1 N–H and O–H groups in total. The first kappa shape index (κ1) is 16.2. The van der Waals surface area contributed by atoms with Crippen molar-refractivity contribution in [1.29, 1.82) is 0 Å².